The first-order valence-corrected chi connectivity index (χ1v) is 7.72. The van der Waals surface area contributed by atoms with E-state index in [1.165, 1.54) is 29.5 Å². The molecule has 0 bridgehead atoms. The van der Waals surface area contributed by atoms with E-state index in [0.29, 0.717) is 4.88 Å². The summed E-state index contributed by atoms with van der Waals surface area (Å²) < 4.78 is 1.56. The Balaban J connectivity index is 1.98. The maximum absolute atomic E-state index is 11.8. The fraction of sp³-hybridized carbons (Fsp3) is 0. The van der Waals surface area contributed by atoms with Gasteiger partial charge in [0.1, 0.15) is 5.75 Å². The number of thiophene rings is 1. The third kappa shape index (κ3) is 3.59. The fourth-order valence-electron chi connectivity index (χ4n) is 1.35. The van der Waals surface area contributed by atoms with Crippen LogP contribution in [0.15, 0.2) is 38.6 Å². The molecule has 0 radical (unpaired) electrons. The van der Waals surface area contributed by atoms with E-state index < -0.39 is 11.8 Å². The Hall–Kier alpha value is -1.38. The van der Waals surface area contributed by atoms with Gasteiger partial charge in [0.05, 0.1) is 8.66 Å². The lowest BCUT2D eigenvalue weighted by Crippen LogP contribution is -2.41. The van der Waals surface area contributed by atoms with E-state index in [4.69, 9.17) is 0 Å². The van der Waals surface area contributed by atoms with Gasteiger partial charge in [0.15, 0.2) is 0 Å². The summed E-state index contributed by atoms with van der Waals surface area (Å²) in [5, 5.41) is 9.27. The van der Waals surface area contributed by atoms with Crippen LogP contribution in [-0.4, -0.2) is 16.9 Å². The topological polar surface area (TPSA) is 78.4 Å². The van der Waals surface area contributed by atoms with E-state index in [1.54, 1.807) is 12.1 Å². The first kappa shape index (κ1) is 15.0. The summed E-state index contributed by atoms with van der Waals surface area (Å²) >= 11 is 7.80. The van der Waals surface area contributed by atoms with Crippen molar-refractivity contribution in [2.75, 3.05) is 0 Å². The molecule has 1 aromatic carbocycles. The third-order valence-corrected chi connectivity index (χ3v) is 5.52. The van der Waals surface area contributed by atoms with Crippen LogP contribution >= 0.6 is 43.2 Å². The van der Waals surface area contributed by atoms with Crippen LogP contribution < -0.4 is 10.9 Å². The number of hydrazine groups is 1. The molecule has 2 rings (SSSR count). The lowest BCUT2D eigenvalue weighted by atomic mass is 10.2. The Morgan fingerprint density at radius 2 is 1.80 bits per heavy atom. The molecule has 5 nitrogen and oxygen atoms in total. The SMILES string of the molecule is O=C(NNC(=O)c1cc(Br)c(Br)s1)c1cccc(O)c1. The minimum absolute atomic E-state index is 0.0184. The molecule has 1 aromatic heterocycles. The van der Waals surface area contributed by atoms with Gasteiger partial charge in [0, 0.05) is 10.0 Å². The number of halogens is 2. The van der Waals surface area contributed by atoms with Crippen molar-refractivity contribution in [2.24, 2.45) is 0 Å². The molecule has 2 amide bonds. The molecule has 0 aliphatic heterocycles. The van der Waals surface area contributed by atoms with E-state index in [0.717, 1.165) is 8.26 Å². The van der Waals surface area contributed by atoms with Crippen molar-refractivity contribution in [3.05, 3.63) is 49.0 Å². The molecule has 0 spiro atoms. The molecule has 3 N–H and O–H groups in total. The molecule has 20 heavy (non-hydrogen) atoms. The molecular formula is C12H8Br2N2O3S. The zero-order valence-corrected chi connectivity index (χ0v) is 13.8. The zero-order valence-electron chi connectivity index (χ0n) is 9.81. The Morgan fingerprint density at radius 3 is 2.40 bits per heavy atom. The van der Waals surface area contributed by atoms with Gasteiger partial charge < -0.3 is 5.11 Å². The standard InChI is InChI=1S/C12H8Br2N2O3S/c13-8-5-9(20-10(8)14)12(19)16-15-11(18)6-2-1-3-7(17)4-6/h1-5,17H,(H,15,18)(H,16,19). The highest BCUT2D eigenvalue weighted by atomic mass is 79.9. The Morgan fingerprint density at radius 1 is 1.10 bits per heavy atom. The quantitative estimate of drug-likeness (QED) is 0.654. The Labute approximate surface area is 135 Å². The van der Waals surface area contributed by atoms with Gasteiger partial charge in [-0.2, -0.15) is 0 Å². The molecule has 1 heterocycles. The van der Waals surface area contributed by atoms with Crippen LogP contribution in [0.5, 0.6) is 5.75 Å². The van der Waals surface area contributed by atoms with Crippen molar-refractivity contribution in [3.8, 4) is 5.75 Å². The maximum Gasteiger partial charge on any atom is 0.279 e. The van der Waals surface area contributed by atoms with E-state index in [1.807, 2.05) is 0 Å². The molecule has 0 unspecified atom stereocenters. The number of phenolic OH excluding ortho intramolecular Hbond substituents is 1. The molecular weight excluding hydrogens is 412 g/mol. The van der Waals surface area contributed by atoms with E-state index >= 15 is 0 Å². The van der Waals surface area contributed by atoms with Crippen LogP contribution in [-0.2, 0) is 0 Å². The highest BCUT2D eigenvalue weighted by Crippen LogP contribution is 2.32. The van der Waals surface area contributed by atoms with Crippen LogP contribution in [0.1, 0.15) is 20.0 Å². The summed E-state index contributed by atoms with van der Waals surface area (Å²) in [6.45, 7) is 0. The molecule has 8 heteroatoms. The second kappa shape index (κ2) is 6.38. The van der Waals surface area contributed by atoms with Gasteiger partial charge in [-0.05, 0) is 56.1 Å². The van der Waals surface area contributed by atoms with Gasteiger partial charge in [0.2, 0.25) is 0 Å². The van der Waals surface area contributed by atoms with Crippen molar-refractivity contribution in [1.82, 2.24) is 10.9 Å². The highest BCUT2D eigenvalue weighted by molar-refractivity contribution is 9.13. The number of carbonyl (C=O) groups is 2. The van der Waals surface area contributed by atoms with E-state index in [2.05, 4.69) is 42.7 Å². The van der Waals surface area contributed by atoms with Gasteiger partial charge in [-0.3, -0.25) is 20.4 Å². The van der Waals surface area contributed by atoms with Crippen molar-refractivity contribution in [1.29, 1.82) is 0 Å². The zero-order chi connectivity index (χ0) is 14.7. The number of benzene rings is 1. The second-order valence-electron chi connectivity index (χ2n) is 3.69. The van der Waals surface area contributed by atoms with Crippen molar-refractivity contribution < 1.29 is 14.7 Å². The highest BCUT2D eigenvalue weighted by Gasteiger charge is 2.13. The number of nitrogens with one attached hydrogen (secondary N) is 2. The van der Waals surface area contributed by atoms with Gasteiger partial charge in [0.25, 0.3) is 11.8 Å². The smallest absolute Gasteiger partial charge is 0.279 e. The molecule has 2 aromatic rings. The molecule has 104 valence electrons. The summed E-state index contributed by atoms with van der Waals surface area (Å²) in [7, 11) is 0. The predicted molar refractivity (Wildman–Crippen MR) is 82.8 cm³/mol. The fourth-order valence-corrected chi connectivity index (χ4v) is 3.28. The van der Waals surface area contributed by atoms with Gasteiger partial charge >= 0.3 is 0 Å². The average molecular weight is 420 g/mol. The normalized spacial score (nSPS) is 10.1. The van der Waals surface area contributed by atoms with Crippen molar-refractivity contribution in [3.63, 3.8) is 0 Å². The summed E-state index contributed by atoms with van der Waals surface area (Å²) in [5.74, 6) is -0.950. The Kier molecular flexibility index (Phi) is 4.79. The van der Waals surface area contributed by atoms with Gasteiger partial charge in [-0.1, -0.05) is 6.07 Å². The number of hydrogen-bond donors (Lipinski definition) is 3. The lowest BCUT2D eigenvalue weighted by Gasteiger charge is -2.06. The largest absolute Gasteiger partial charge is 0.508 e. The molecule has 0 aliphatic carbocycles. The second-order valence-corrected chi connectivity index (χ2v) is 6.92. The number of rotatable bonds is 2. The maximum atomic E-state index is 11.8. The van der Waals surface area contributed by atoms with Gasteiger partial charge in [-0.15, -0.1) is 11.3 Å². The molecule has 0 saturated heterocycles. The molecule has 0 atom stereocenters. The molecule has 0 aliphatic rings. The number of amides is 2. The minimum Gasteiger partial charge on any atom is -0.508 e. The summed E-state index contributed by atoms with van der Waals surface area (Å²) in [6.07, 6.45) is 0. The van der Waals surface area contributed by atoms with Crippen LogP contribution in [0.4, 0.5) is 0 Å². The number of phenols is 1. The number of aromatic hydroxyl groups is 1. The molecule has 0 fully saturated rings. The number of hydrogen-bond acceptors (Lipinski definition) is 4. The first-order chi connectivity index (χ1) is 9.47. The predicted octanol–water partition coefficient (Wildman–Crippen LogP) is 3.05. The van der Waals surface area contributed by atoms with E-state index in [9.17, 15) is 14.7 Å². The number of carbonyl (C=O) groups excluding carboxylic acids is 2. The Bertz CT molecular complexity index is 653. The van der Waals surface area contributed by atoms with Crippen LogP contribution in [0.2, 0.25) is 0 Å². The lowest BCUT2D eigenvalue weighted by molar-refractivity contribution is 0.0848. The summed E-state index contributed by atoms with van der Waals surface area (Å²) in [6, 6.07) is 7.47. The summed E-state index contributed by atoms with van der Waals surface area (Å²) in [4.78, 5) is 24.0. The van der Waals surface area contributed by atoms with Crippen molar-refractivity contribution >= 4 is 55.0 Å². The third-order valence-electron chi connectivity index (χ3n) is 2.27. The monoisotopic (exact) mass is 418 g/mol. The average Bonchev–Trinajstić information content (AvgIpc) is 2.76. The van der Waals surface area contributed by atoms with Crippen LogP contribution in [0.3, 0.4) is 0 Å². The van der Waals surface area contributed by atoms with Crippen LogP contribution in [0.25, 0.3) is 0 Å². The summed E-state index contributed by atoms with van der Waals surface area (Å²) in [5.41, 5.74) is 4.83. The first-order valence-electron chi connectivity index (χ1n) is 5.32. The van der Waals surface area contributed by atoms with Gasteiger partial charge in [-0.25, -0.2) is 0 Å². The van der Waals surface area contributed by atoms with E-state index in [-0.39, 0.29) is 11.3 Å². The van der Waals surface area contributed by atoms with Crippen molar-refractivity contribution in [2.45, 2.75) is 0 Å². The molecule has 0 saturated carbocycles. The van der Waals surface area contributed by atoms with Crippen LogP contribution in [0, 0.1) is 0 Å². The minimum atomic E-state index is -0.510.